The molecule has 2 rings (SSSR count). The van der Waals surface area contributed by atoms with Gasteiger partial charge in [0.1, 0.15) is 6.10 Å². The van der Waals surface area contributed by atoms with Crippen LogP contribution >= 0.6 is 12.4 Å². The van der Waals surface area contributed by atoms with Crippen molar-refractivity contribution in [1.29, 1.82) is 0 Å². The van der Waals surface area contributed by atoms with Crippen molar-refractivity contribution in [3.05, 3.63) is 0 Å². The topological polar surface area (TPSA) is 38.3 Å². The minimum absolute atomic E-state index is 0. The number of carbonyl (C=O) groups is 1. The molecule has 4 heteroatoms. The predicted molar refractivity (Wildman–Crippen MR) is 38.2 cm³/mol. The van der Waals surface area contributed by atoms with Crippen molar-refractivity contribution in [1.82, 2.24) is 5.32 Å². The minimum Gasteiger partial charge on any atom is -0.461 e. The standard InChI is InChI=1S/C6H9NO2.ClH/c8-6-3-4-5(9-6)1-2-7-4;/h4-5,7H,1-3H2;1H/t4-,5-;/m1./s1/i2D2;. The molecule has 0 radical (unpaired) electrons. The molecule has 2 aliphatic rings. The van der Waals surface area contributed by atoms with E-state index in [2.05, 4.69) is 5.32 Å². The van der Waals surface area contributed by atoms with E-state index >= 15 is 0 Å². The summed E-state index contributed by atoms with van der Waals surface area (Å²) in [5, 5.41) is 2.71. The van der Waals surface area contributed by atoms with Gasteiger partial charge in [-0.3, -0.25) is 4.79 Å². The first-order valence-electron chi connectivity index (χ1n) is 4.04. The Balaban J connectivity index is 0.000000720. The van der Waals surface area contributed by atoms with Gasteiger partial charge in [-0.25, -0.2) is 0 Å². The number of hydrogen-bond acceptors (Lipinski definition) is 3. The van der Waals surface area contributed by atoms with Crippen LogP contribution in [0.2, 0.25) is 0 Å². The number of rotatable bonds is 0. The Hall–Kier alpha value is -0.280. The summed E-state index contributed by atoms with van der Waals surface area (Å²) in [7, 11) is 0. The molecule has 3 nitrogen and oxygen atoms in total. The molecule has 0 unspecified atom stereocenters. The number of esters is 1. The molecule has 0 saturated carbocycles. The van der Waals surface area contributed by atoms with Crippen LogP contribution in [0.15, 0.2) is 0 Å². The molecule has 10 heavy (non-hydrogen) atoms. The van der Waals surface area contributed by atoms with Crippen LogP contribution in [0.5, 0.6) is 0 Å². The molecular formula is C6H10ClNO2. The van der Waals surface area contributed by atoms with E-state index < -0.39 is 6.50 Å². The van der Waals surface area contributed by atoms with Crippen molar-refractivity contribution in [2.75, 3.05) is 6.50 Å². The largest absolute Gasteiger partial charge is 0.461 e. The van der Waals surface area contributed by atoms with Crippen LogP contribution < -0.4 is 5.32 Å². The number of nitrogens with one attached hydrogen (secondary N) is 1. The van der Waals surface area contributed by atoms with E-state index in [-0.39, 0.29) is 36.9 Å². The number of carbonyl (C=O) groups excluding carboxylic acids is 1. The van der Waals surface area contributed by atoms with Gasteiger partial charge in [-0.2, -0.15) is 0 Å². The van der Waals surface area contributed by atoms with Crippen LogP contribution in [-0.4, -0.2) is 24.6 Å². The molecule has 2 atom stereocenters. The van der Waals surface area contributed by atoms with Crippen LogP contribution in [0, 0.1) is 0 Å². The summed E-state index contributed by atoms with van der Waals surface area (Å²) < 4.78 is 19.5. The zero-order valence-electron chi connectivity index (χ0n) is 7.29. The normalized spacial score (nSPS) is 44.6. The van der Waals surface area contributed by atoms with Crippen LogP contribution in [0.4, 0.5) is 0 Å². The maximum Gasteiger partial charge on any atom is 0.307 e. The molecular weight excluding hydrogens is 154 g/mol. The maximum atomic E-state index is 10.7. The summed E-state index contributed by atoms with van der Waals surface area (Å²) in [6, 6.07) is -0.0995. The quantitative estimate of drug-likeness (QED) is 0.517. The molecule has 58 valence electrons. The van der Waals surface area contributed by atoms with Gasteiger partial charge in [0.2, 0.25) is 0 Å². The SMILES string of the molecule is Cl.[2H]C1([2H])C[C@H]2OC(=O)C[C@H]2N1. The number of fused-ring (bicyclic) bond motifs is 1. The van der Waals surface area contributed by atoms with Gasteiger partial charge in [-0.15, -0.1) is 12.4 Å². The second-order valence-electron chi connectivity index (χ2n) is 2.36. The fraction of sp³-hybridized carbons (Fsp3) is 0.833. The second-order valence-corrected chi connectivity index (χ2v) is 2.36. The Morgan fingerprint density at radius 2 is 2.60 bits per heavy atom. The molecule has 0 aromatic rings. The van der Waals surface area contributed by atoms with Crippen LogP contribution in [0.1, 0.15) is 15.6 Å². The number of hydrogen-bond donors (Lipinski definition) is 1. The molecule has 0 aromatic carbocycles. The fourth-order valence-electron chi connectivity index (χ4n) is 1.23. The van der Waals surface area contributed by atoms with Gasteiger partial charge in [0.25, 0.3) is 0 Å². The summed E-state index contributed by atoms with van der Waals surface area (Å²) in [6.07, 6.45) is 0.352. The monoisotopic (exact) mass is 165 g/mol. The van der Waals surface area contributed by atoms with E-state index in [0.29, 0.717) is 6.42 Å². The molecule has 2 aliphatic heterocycles. The van der Waals surface area contributed by atoms with Crippen molar-refractivity contribution in [3.8, 4) is 0 Å². The molecule has 2 fully saturated rings. The summed E-state index contributed by atoms with van der Waals surface area (Å²) in [6.45, 7) is -1.35. The zero-order chi connectivity index (χ0) is 8.06. The molecule has 0 bridgehead atoms. The molecule has 0 amide bonds. The minimum atomic E-state index is -1.35. The Labute approximate surface area is 68.3 Å². The van der Waals surface area contributed by atoms with Gasteiger partial charge in [-0.1, -0.05) is 0 Å². The molecule has 0 aromatic heterocycles. The van der Waals surface area contributed by atoms with Gasteiger partial charge in [0.05, 0.1) is 12.5 Å². The van der Waals surface area contributed by atoms with Gasteiger partial charge >= 0.3 is 5.97 Å². The average molecular weight is 166 g/mol. The lowest BCUT2D eigenvalue weighted by Crippen LogP contribution is -2.25. The summed E-state index contributed by atoms with van der Waals surface area (Å²) in [4.78, 5) is 10.7. The first kappa shape index (κ1) is 5.38. The summed E-state index contributed by atoms with van der Waals surface area (Å²) in [5.74, 6) is -0.219. The van der Waals surface area contributed by atoms with E-state index in [1.807, 2.05) is 0 Å². The third-order valence-corrected chi connectivity index (χ3v) is 1.71. The highest BCUT2D eigenvalue weighted by Crippen LogP contribution is 2.21. The highest BCUT2D eigenvalue weighted by Gasteiger charge is 2.37. The Kier molecular flexibility index (Phi) is 1.49. The smallest absolute Gasteiger partial charge is 0.307 e. The third kappa shape index (κ3) is 1.11. The highest BCUT2D eigenvalue weighted by atomic mass is 35.5. The van der Waals surface area contributed by atoms with E-state index in [4.69, 9.17) is 7.48 Å². The molecule has 1 N–H and O–H groups in total. The first-order chi connectivity index (χ1) is 5.07. The fourth-order valence-corrected chi connectivity index (χ4v) is 1.23. The Morgan fingerprint density at radius 3 is 3.30 bits per heavy atom. The van der Waals surface area contributed by atoms with Gasteiger partial charge < -0.3 is 10.1 Å². The predicted octanol–water partition coefficient (Wildman–Crippen LogP) is 0.0856. The van der Waals surface area contributed by atoms with Crippen molar-refractivity contribution in [3.63, 3.8) is 0 Å². The Bertz CT molecular complexity index is 194. The van der Waals surface area contributed by atoms with Crippen LogP contribution in [0.25, 0.3) is 0 Å². The summed E-state index contributed by atoms with van der Waals surface area (Å²) >= 11 is 0. The lowest BCUT2D eigenvalue weighted by Gasteiger charge is -2.03. The second kappa shape index (κ2) is 2.76. The van der Waals surface area contributed by atoms with E-state index in [1.165, 1.54) is 0 Å². The molecule has 0 aliphatic carbocycles. The van der Waals surface area contributed by atoms with Gasteiger partial charge in [0.15, 0.2) is 0 Å². The molecule has 2 heterocycles. The molecule has 0 spiro atoms. The summed E-state index contributed by atoms with van der Waals surface area (Å²) in [5.41, 5.74) is 0. The molecule has 2 saturated heterocycles. The van der Waals surface area contributed by atoms with Crippen LogP contribution in [0.3, 0.4) is 0 Å². The van der Waals surface area contributed by atoms with E-state index in [9.17, 15) is 4.79 Å². The number of halogens is 1. The average Bonchev–Trinajstić information content (AvgIpc) is 2.17. The van der Waals surface area contributed by atoms with E-state index in [0.717, 1.165) is 0 Å². The van der Waals surface area contributed by atoms with Crippen molar-refractivity contribution in [2.45, 2.75) is 25.0 Å². The zero-order valence-corrected chi connectivity index (χ0v) is 6.11. The van der Waals surface area contributed by atoms with Gasteiger partial charge in [0, 0.05) is 2.74 Å². The number of ether oxygens (including phenoxy) is 1. The lowest BCUT2D eigenvalue weighted by molar-refractivity contribution is -0.141. The van der Waals surface area contributed by atoms with E-state index in [1.54, 1.807) is 0 Å². The highest BCUT2D eigenvalue weighted by molar-refractivity contribution is 5.85. The Morgan fingerprint density at radius 1 is 1.80 bits per heavy atom. The van der Waals surface area contributed by atoms with Crippen molar-refractivity contribution < 1.29 is 12.3 Å². The first-order valence-corrected chi connectivity index (χ1v) is 3.04. The lowest BCUT2D eigenvalue weighted by atomic mass is 10.2. The van der Waals surface area contributed by atoms with Crippen molar-refractivity contribution in [2.24, 2.45) is 0 Å². The van der Waals surface area contributed by atoms with Crippen LogP contribution in [-0.2, 0) is 9.53 Å². The maximum absolute atomic E-state index is 10.7. The van der Waals surface area contributed by atoms with Crippen molar-refractivity contribution >= 4 is 18.4 Å². The third-order valence-electron chi connectivity index (χ3n) is 1.71. The van der Waals surface area contributed by atoms with Gasteiger partial charge in [-0.05, 0) is 12.9 Å².